The highest BCUT2D eigenvalue weighted by molar-refractivity contribution is 5.66. The van der Waals surface area contributed by atoms with E-state index in [-0.39, 0.29) is 6.09 Å². The van der Waals surface area contributed by atoms with E-state index in [0.29, 0.717) is 12.5 Å². The molecule has 0 aliphatic heterocycles. The maximum absolute atomic E-state index is 11.2. The lowest BCUT2D eigenvalue weighted by atomic mass is 10.0. The van der Waals surface area contributed by atoms with Crippen LogP contribution in [-0.4, -0.2) is 19.2 Å². The van der Waals surface area contributed by atoms with E-state index in [1.54, 1.807) is 0 Å². The molecule has 15 heavy (non-hydrogen) atoms. The number of hydrogen-bond donors (Lipinski definition) is 1. The quantitative estimate of drug-likeness (QED) is 0.631. The molecule has 0 fully saturated rings. The summed E-state index contributed by atoms with van der Waals surface area (Å²) < 4.78 is 5.14. The molecule has 0 aliphatic rings. The number of ether oxygens (including phenoxy) is 1. The molecule has 0 aromatic heterocycles. The second-order valence-corrected chi connectivity index (χ2v) is 3.94. The van der Waals surface area contributed by atoms with Crippen LogP contribution in [0.2, 0.25) is 0 Å². The maximum Gasteiger partial charge on any atom is 0.407 e. The molecule has 1 atom stereocenters. The summed E-state index contributed by atoms with van der Waals surface area (Å²) in [6.07, 6.45) is 5.21. The molecule has 1 unspecified atom stereocenters. The molecule has 0 radical (unpaired) electrons. The maximum atomic E-state index is 11.2. The average molecular weight is 215 g/mol. The second kappa shape index (κ2) is 9.81. The van der Waals surface area contributed by atoms with Crippen LogP contribution in [-0.2, 0) is 4.74 Å². The Morgan fingerprint density at radius 1 is 1.27 bits per heavy atom. The van der Waals surface area contributed by atoms with Gasteiger partial charge in [0.15, 0.2) is 0 Å². The van der Waals surface area contributed by atoms with E-state index in [0.717, 1.165) is 38.6 Å². The first kappa shape index (κ1) is 14.3. The van der Waals surface area contributed by atoms with Crippen molar-refractivity contribution in [2.75, 3.05) is 13.2 Å². The van der Waals surface area contributed by atoms with Crippen molar-refractivity contribution in [1.29, 1.82) is 0 Å². The van der Waals surface area contributed by atoms with E-state index in [1.165, 1.54) is 0 Å². The van der Waals surface area contributed by atoms with Crippen molar-refractivity contribution < 1.29 is 9.53 Å². The van der Waals surface area contributed by atoms with Gasteiger partial charge in [0.2, 0.25) is 0 Å². The standard InChI is InChI=1S/C12H25NO2/c1-4-7-9-13-12(14)15-10-11(6-3)8-5-2/h11H,4-10H2,1-3H3,(H,13,14). The highest BCUT2D eigenvalue weighted by Gasteiger charge is 2.08. The van der Waals surface area contributed by atoms with Gasteiger partial charge in [0.25, 0.3) is 0 Å². The van der Waals surface area contributed by atoms with Crippen LogP contribution in [0, 0.1) is 5.92 Å². The average Bonchev–Trinajstić information content (AvgIpc) is 2.24. The zero-order chi connectivity index (χ0) is 11.5. The Kier molecular flexibility index (Phi) is 9.33. The van der Waals surface area contributed by atoms with Crippen LogP contribution < -0.4 is 5.32 Å². The number of rotatable bonds is 8. The van der Waals surface area contributed by atoms with Gasteiger partial charge in [0.05, 0.1) is 6.61 Å². The molecular weight excluding hydrogens is 190 g/mol. The minimum absolute atomic E-state index is 0.266. The Morgan fingerprint density at radius 2 is 2.00 bits per heavy atom. The Hall–Kier alpha value is -0.730. The molecule has 1 N–H and O–H groups in total. The Morgan fingerprint density at radius 3 is 2.53 bits per heavy atom. The summed E-state index contributed by atoms with van der Waals surface area (Å²) in [4.78, 5) is 11.2. The fourth-order valence-electron chi connectivity index (χ4n) is 1.43. The van der Waals surface area contributed by atoms with E-state index in [9.17, 15) is 4.79 Å². The summed E-state index contributed by atoms with van der Waals surface area (Å²) in [5.74, 6) is 0.520. The Bertz CT molecular complexity index is 160. The molecule has 90 valence electrons. The number of carbonyl (C=O) groups excluding carboxylic acids is 1. The Balaban J connectivity index is 3.50. The molecule has 3 heteroatoms. The van der Waals surface area contributed by atoms with Crippen molar-refractivity contribution in [2.45, 2.75) is 52.9 Å². The molecule has 3 nitrogen and oxygen atoms in total. The fourth-order valence-corrected chi connectivity index (χ4v) is 1.43. The van der Waals surface area contributed by atoms with Crippen LogP contribution in [0.5, 0.6) is 0 Å². The number of nitrogens with one attached hydrogen (secondary N) is 1. The van der Waals surface area contributed by atoms with Crippen LogP contribution >= 0.6 is 0 Å². The summed E-state index contributed by atoms with van der Waals surface area (Å²) in [6, 6.07) is 0. The number of alkyl carbamates (subject to hydrolysis) is 1. The summed E-state index contributed by atoms with van der Waals surface area (Å²) in [6.45, 7) is 7.67. The fraction of sp³-hybridized carbons (Fsp3) is 0.917. The second-order valence-electron chi connectivity index (χ2n) is 3.94. The van der Waals surface area contributed by atoms with E-state index >= 15 is 0 Å². The van der Waals surface area contributed by atoms with Gasteiger partial charge in [-0.05, 0) is 18.8 Å². The summed E-state index contributed by atoms with van der Waals surface area (Å²) in [7, 11) is 0. The predicted octanol–water partition coefficient (Wildman–Crippen LogP) is 3.34. The summed E-state index contributed by atoms with van der Waals surface area (Å²) in [5.41, 5.74) is 0. The van der Waals surface area contributed by atoms with Gasteiger partial charge < -0.3 is 10.1 Å². The zero-order valence-electron chi connectivity index (χ0n) is 10.3. The first-order valence-electron chi connectivity index (χ1n) is 6.15. The lowest BCUT2D eigenvalue weighted by Gasteiger charge is -2.14. The molecular formula is C12H25NO2. The van der Waals surface area contributed by atoms with Crippen LogP contribution in [0.3, 0.4) is 0 Å². The third kappa shape index (κ3) is 8.28. The highest BCUT2D eigenvalue weighted by Crippen LogP contribution is 2.10. The molecule has 1 amide bonds. The predicted molar refractivity (Wildman–Crippen MR) is 62.9 cm³/mol. The normalized spacial score (nSPS) is 12.2. The molecule has 0 saturated heterocycles. The number of carbonyl (C=O) groups is 1. The molecule has 0 saturated carbocycles. The van der Waals surface area contributed by atoms with E-state index in [1.807, 2.05) is 0 Å². The van der Waals surface area contributed by atoms with Gasteiger partial charge in [0, 0.05) is 6.54 Å². The van der Waals surface area contributed by atoms with Crippen molar-refractivity contribution in [3.05, 3.63) is 0 Å². The smallest absolute Gasteiger partial charge is 0.407 e. The van der Waals surface area contributed by atoms with Crippen molar-refractivity contribution in [1.82, 2.24) is 5.32 Å². The van der Waals surface area contributed by atoms with Gasteiger partial charge in [-0.15, -0.1) is 0 Å². The number of unbranched alkanes of at least 4 members (excludes halogenated alkanes) is 1. The topological polar surface area (TPSA) is 38.3 Å². The van der Waals surface area contributed by atoms with Gasteiger partial charge in [-0.2, -0.15) is 0 Å². The highest BCUT2D eigenvalue weighted by atomic mass is 16.5. The van der Waals surface area contributed by atoms with Gasteiger partial charge in [-0.3, -0.25) is 0 Å². The van der Waals surface area contributed by atoms with E-state index < -0.39 is 0 Å². The van der Waals surface area contributed by atoms with E-state index in [4.69, 9.17) is 4.74 Å². The zero-order valence-corrected chi connectivity index (χ0v) is 10.3. The first-order valence-corrected chi connectivity index (χ1v) is 6.15. The molecule has 0 rings (SSSR count). The van der Waals surface area contributed by atoms with Crippen LogP contribution in [0.25, 0.3) is 0 Å². The van der Waals surface area contributed by atoms with Crippen LogP contribution in [0.4, 0.5) is 4.79 Å². The van der Waals surface area contributed by atoms with Gasteiger partial charge in [-0.25, -0.2) is 4.79 Å². The summed E-state index contributed by atoms with van der Waals surface area (Å²) in [5, 5.41) is 2.74. The van der Waals surface area contributed by atoms with Crippen molar-refractivity contribution in [2.24, 2.45) is 5.92 Å². The SMILES string of the molecule is CCCCNC(=O)OCC(CC)CCC. The van der Waals surface area contributed by atoms with Crippen molar-refractivity contribution >= 4 is 6.09 Å². The third-order valence-electron chi connectivity index (χ3n) is 2.52. The number of hydrogen-bond acceptors (Lipinski definition) is 2. The molecule has 0 aliphatic carbocycles. The first-order chi connectivity index (χ1) is 7.24. The molecule has 0 spiro atoms. The third-order valence-corrected chi connectivity index (χ3v) is 2.52. The lowest BCUT2D eigenvalue weighted by molar-refractivity contribution is 0.123. The van der Waals surface area contributed by atoms with Gasteiger partial charge in [-0.1, -0.05) is 40.0 Å². The minimum Gasteiger partial charge on any atom is -0.449 e. The van der Waals surface area contributed by atoms with Gasteiger partial charge >= 0.3 is 6.09 Å². The molecule has 0 heterocycles. The van der Waals surface area contributed by atoms with Crippen molar-refractivity contribution in [3.8, 4) is 0 Å². The van der Waals surface area contributed by atoms with E-state index in [2.05, 4.69) is 26.1 Å². The van der Waals surface area contributed by atoms with Crippen molar-refractivity contribution in [3.63, 3.8) is 0 Å². The van der Waals surface area contributed by atoms with Crippen LogP contribution in [0.1, 0.15) is 52.9 Å². The largest absolute Gasteiger partial charge is 0.449 e. The summed E-state index contributed by atoms with van der Waals surface area (Å²) >= 11 is 0. The molecule has 0 bridgehead atoms. The number of amides is 1. The molecule has 0 aromatic carbocycles. The Labute approximate surface area is 93.6 Å². The van der Waals surface area contributed by atoms with Gasteiger partial charge in [0.1, 0.15) is 0 Å². The monoisotopic (exact) mass is 215 g/mol. The minimum atomic E-state index is -0.266. The lowest BCUT2D eigenvalue weighted by Crippen LogP contribution is -2.27. The van der Waals surface area contributed by atoms with Crippen LogP contribution in [0.15, 0.2) is 0 Å². The molecule has 0 aromatic rings.